The van der Waals surface area contributed by atoms with Crippen LogP contribution in [0.4, 0.5) is 18.9 Å². The Balaban J connectivity index is 2.17. The number of pyridine rings is 1. The minimum Gasteiger partial charge on any atom is -0.325 e. The topological polar surface area (TPSA) is 88.5 Å². The van der Waals surface area contributed by atoms with Crippen LogP contribution in [0.1, 0.15) is 5.56 Å². The highest BCUT2D eigenvalue weighted by atomic mass is 32.2. The van der Waals surface area contributed by atoms with Crippen LogP contribution in [0, 0.1) is 0 Å². The first-order chi connectivity index (χ1) is 12.4. The summed E-state index contributed by atoms with van der Waals surface area (Å²) in [4.78, 5) is 23.7. The molecule has 1 aromatic carbocycles. The lowest BCUT2D eigenvalue weighted by molar-refractivity contribution is -0.137. The van der Waals surface area contributed by atoms with Gasteiger partial charge >= 0.3 is 6.18 Å². The van der Waals surface area contributed by atoms with E-state index in [1.165, 1.54) is 14.1 Å². The summed E-state index contributed by atoms with van der Waals surface area (Å²) in [5, 5.41) is 2.35. The number of nitrogens with zero attached hydrogens (tertiary/aromatic N) is 2. The first-order valence-electron chi connectivity index (χ1n) is 7.51. The maximum atomic E-state index is 12.5. The second-order valence-corrected chi connectivity index (χ2v) is 7.89. The summed E-state index contributed by atoms with van der Waals surface area (Å²) in [7, 11) is -1.15. The highest BCUT2D eigenvalue weighted by Gasteiger charge is 2.30. The predicted molar refractivity (Wildman–Crippen MR) is 91.6 cm³/mol. The van der Waals surface area contributed by atoms with Crippen LogP contribution < -0.4 is 10.9 Å². The van der Waals surface area contributed by atoms with Gasteiger partial charge in [-0.3, -0.25) is 9.59 Å². The number of amides is 1. The third kappa shape index (κ3) is 4.95. The van der Waals surface area contributed by atoms with Gasteiger partial charge in [-0.2, -0.15) is 13.2 Å². The minimum atomic E-state index is -4.49. The van der Waals surface area contributed by atoms with Crippen molar-refractivity contribution in [1.29, 1.82) is 0 Å². The van der Waals surface area contributed by atoms with Crippen LogP contribution in [0.25, 0.3) is 0 Å². The molecule has 27 heavy (non-hydrogen) atoms. The van der Waals surface area contributed by atoms with E-state index in [2.05, 4.69) is 5.32 Å². The molecule has 0 fully saturated rings. The van der Waals surface area contributed by atoms with E-state index in [9.17, 15) is 31.2 Å². The van der Waals surface area contributed by atoms with E-state index in [1.54, 1.807) is 0 Å². The fourth-order valence-electron chi connectivity index (χ4n) is 2.09. The van der Waals surface area contributed by atoms with Crippen molar-refractivity contribution >= 4 is 21.6 Å². The third-order valence-corrected chi connectivity index (χ3v) is 5.34. The van der Waals surface area contributed by atoms with Gasteiger partial charge in [-0.1, -0.05) is 0 Å². The summed E-state index contributed by atoms with van der Waals surface area (Å²) in [5.74, 6) is -0.698. The lowest BCUT2D eigenvalue weighted by atomic mass is 10.2. The Bertz CT molecular complexity index is 997. The zero-order valence-corrected chi connectivity index (χ0v) is 15.1. The molecule has 0 aliphatic heterocycles. The second kappa shape index (κ2) is 7.53. The van der Waals surface area contributed by atoms with Gasteiger partial charge in [0.2, 0.25) is 15.9 Å². The van der Waals surface area contributed by atoms with E-state index in [1.807, 2.05) is 0 Å². The molecule has 11 heteroatoms. The fourth-order valence-corrected chi connectivity index (χ4v) is 3.02. The monoisotopic (exact) mass is 403 g/mol. The van der Waals surface area contributed by atoms with Crippen molar-refractivity contribution in [3.63, 3.8) is 0 Å². The molecule has 0 radical (unpaired) electrons. The largest absolute Gasteiger partial charge is 0.416 e. The van der Waals surface area contributed by atoms with Crippen molar-refractivity contribution in [1.82, 2.24) is 8.87 Å². The van der Waals surface area contributed by atoms with Crippen LogP contribution in [0.15, 0.2) is 52.3 Å². The van der Waals surface area contributed by atoms with Crippen molar-refractivity contribution < 1.29 is 26.4 Å². The number of hydrogen-bond donors (Lipinski definition) is 1. The molecule has 0 spiro atoms. The Morgan fingerprint density at radius 1 is 1.11 bits per heavy atom. The molecule has 0 atom stereocenters. The van der Waals surface area contributed by atoms with E-state index < -0.39 is 39.8 Å². The molecule has 7 nitrogen and oxygen atoms in total. The Kier molecular flexibility index (Phi) is 5.76. The van der Waals surface area contributed by atoms with Gasteiger partial charge in [0.25, 0.3) is 5.56 Å². The maximum absolute atomic E-state index is 12.5. The molecule has 2 rings (SSSR count). The first kappa shape index (κ1) is 20.6. The van der Waals surface area contributed by atoms with Crippen LogP contribution in [0.2, 0.25) is 0 Å². The summed E-state index contributed by atoms with van der Waals surface area (Å²) < 4.78 is 63.6. The smallest absolute Gasteiger partial charge is 0.325 e. The number of carbonyl (C=O) groups excluding carboxylic acids is 1. The van der Waals surface area contributed by atoms with Gasteiger partial charge in [-0.25, -0.2) is 12.7 Å². The normalized spacial score (nSPS) is 12.2. The standard InChI is InChI=1S/C16H16F3N3O4S/c1-21(2)27(25,26)13-7-8-15(24)22(9-13)10-14(23)20-12-5-3-11(4-6-12)16(17,18)19/h3-9H,10H2,1-2H3,(H,20,23). The fraction of sp³-hybridized carbons (Fsp3) is 0.250. The zero-order chi connectivity index (χ0) is 20.4. The molecule has 146 valence electrons. The van der Waals surface area contributed by atoms with E-state index in [4.69, 9.17) is 0 Å². The number of aromatic nitrogens is 1. The number of alkyl halides is 3. The summed E-state index contributed by atoms with van der Waals surface area (Å²) in [6.45, 7) is -0.503. The van der Waals surface area contributed by atoms with Crippen LogP contribution in [0.3, 0.4) is 0 Å². The van der Waals surface area contributed by atoms with E-state index in [0.717, 1.165) is 51.5 Å². The lowest BCUT2D eigenvalue weighted by Crippen LogP contribution is -2.29. The number of halogens is 3. The molecule has 0 bridgehead atoms. The highest BCUT2D eigenvalue weighted by Crippen LogP contribution is 2.29. The average Bonchev–Trinajstić information content (AvgIpc) is 2.56. The van der Waals surface area contributed by atoms with Gasteiger partial charge in [0.1, 0.15) is 6.54 Å². The second-order valence-electron chi connectivity index (χ2n) is 5.74. The number of benzene rings is 1. The van der Waals surface area contributed by atoms with Crippen LogP contribution in [-0.4, -0.2) is 37.3 Å². The Morgan fingerprint density at radius 2 is 1.70 bits per heavy atom. The summed E-state index contributed by atoms with van der Waals surface area (Å²) >= 11 is 0. The molecule has 0 saturated heterocycles. The molecule has 0 unspecified atom stereocenters. The van der Waals surface area contributed by atoms with Crippen molar-refractivity contribution in [2.24, 2.45) is 0 Å². The maximum Gasteiger partial charge on any atom is 0.416 e. The highest BCUT2D eigenvalue weighted by molar-refractivity contribution is 7.89. The molecule has 1 amide bonds. The quantitative estimate of drug-likeness (QED) is 0.824. The number of nitrogens with one attached hydrogen (secondary N) is 1. The molecular weight excluding hydrogens is 387 g/mol. The van der Waals surface area contributed by atoms with Crippen LogP contribution in [0.5, 0.6) is 0 Å². The molecule has 1 heterocycles. The Labute approximate surface area is 153 Å². The van der Waals surface area contributed by atoms with E-state index in [0.29, 0.717) is 0 Å². The molecule has 0 aliphatic rings. The van der Waals surface area contributed by atoms with Gasteiger partial charge in [-0.15, -0.1) is 0 Å². The molecule has 2 aromatic rings. The van der Waals surface area contributed by atoms with Gasteiger partial charge < -0.3 is 9.88 Å². The number of rotatable bonds is 5. The van der Waals surface area contributed by atoms with Crippen molar-refractivity contribution in [2.45, 2.75) is 17.6 Å². The van der Waals surface area contributed by atoms with Gasteiger partial charge in [0, 0.05) is 32.0 Å². The SMILES string of the molecule is CN(C)S(=O)(=O)c1ccc(=O)n(CC(=O)Nc2ccc(C(F)(F)F)cc2)c1. The number of anilines is 1. The van der Waals surface area contributed by atoms with Crippen molar-refractivity contribution in [3.8, 4) is 0 Å². The molecular formula is C16H16F3N3O4S. The van der Waals surface area contributed by atoms with Crippen molar-refractivity contribution in [2.75, 3.05) is 19.4 Å². The zero-order valence-electron chi connectivity index (χ0n) is 14.3. The number of carbonyl (C=O) groups is 1. The lowest BCUT2D eigenvalue weighted by Gasteiger charge is -2.13. The first-order valence-corrected chi connectivity index (χ1v) is 8.95. The van der Waals surface area contributed by atoms with E-state index >= 15 is 0 Å². The number of hydrogen-bond acceptors (Lipinski definition) is 4. The molecule has 0 saturated carbocycles. The predicted octanol–water partition coefficient (Wildman–Crippen LogP) is 1.76. The van der Waals surface area contributed by atoms with Crippen molar-refractivity contribution in [3.05, 3.63) is 58.5 Å². The van der Waals surface area contributed by atoms with Gasteiger partial charge in [-0.05, 0) is 30.3 Å². The third-order valence-electron chi connectivity index (χ3n) is 3.54. The summed E-state index contributed by atoms with van der Waals surface area (Å²) in [6.07, 6.45) is -3.46. The Morgan fingerprint density at radius 3 is 2.22 bits per heavy atom. The molecule has 1 aromatic heterocycles. The summed E-state index contributed by atoms with van der Waals surface area (Å²) in [6, 6.07) is 5.93. The van der Waals surface area contributed by atoms with Crippen LogP contribution in [-0.2, 0) is 27.5 Å². The molecule has 1 N–H and O–H groups in total. The molecule has 0 aliphatic carbocycles. The van der Waals surface area contributed by atoms with Gasteiger partial charge in [0.05, 0.1) is 10.5 Å². The summed E-state index contributed by atoms with van der Waals surface area (Å²) in [5.41, 5.74) is -1.35. The van der Waals surface area contributed by atoms with Crippen LogP contribution >= 0.6 is 0 Å². The number of sulfonamides is 1. The average molecular weight is 403 g/mol. The minimum absolute atomic E-state index is 0.109. The Hall–Kier alpha value is -2.66. The van der Waals surface area contributed by atoms with E-state index in [-0.39, 0.29) is 10.6 Å². The van der Waals surface area contributed by atoms with Gasteiger partial charge in [0.15, 0.2) is 0 Å².